The summed E-state index contributed by atoms with van der Waals surface area (Å²) in [6, 6.07) is 0. The van der Waals surface area contributed by atoms with Crippen molar-refractivity contribution in [3.63, 3.8) is 0 Å². The van der Waals surface area contributed by atoms with Crippen molar-refractivity contribution in [2.45, 2.75) is 52.1 Å². The summed E-state index contributed by atoms with van der Waals surface area (Å²) in [5, 5.41) is 8.95. The highest BCUT2D eigenvalue weighted by atomic mass is 17.1. The SMILES string of the molecule is CC(C)(C)CC1(OO)C=CCCC1. The molecule has 1 aliphatic carbocycles. The molecular weight excluding hydrogens is 164 g/mol. The van der Waals surface area contributed by atoms with Gasteiger partial charge in [-0.3, -0.25) is 5.26 Å². The third kappa shape index (κ3) is 3.12. The molecule has 1 rings (SSSR count). The van der Waals surface area contributed by atoms with Crippen LogP contribution in [0.5, 0.6) is 0 Å². The molecule has 1 unspecified atom stereocenters. The standard InChI is InChI=1S/C11H20O2/c1-10(2,3)9-11(13-12)7-5-4-6-8-11/h5,7,12H,4,6,8-9H2,1-3H3. The second-order valence-corrected chi connectivity index (χ2v) is 5.19. The Labute approximate surface area is 80.5 Å². The number of hydrogen-bond acceptors (Lipinski definition) is 2. The largest absolute Gasteiger partial charge is 0.251 e. The molecule has 0 fully saturated rings. The molecule has 76 valence electrons. The minimum Gasteiger partial charge on any atom is -0.251 e. The lowest BCUT2D eigenvalue weighted by Crippen LogP contribution is -2.35. The van der Waals surface area contributed by atoms with Gasteiger partial charge in [-0.05, 0) is 31.1 Å². The van der Waals surface area contributed by atoms with Gasteiger partial charge in [0, 0.05) is 0 Å². The first-order chi connectivity index (χ1) is 5.97. The van der Waals surface area contributed by atoms with Gasteiger partial charge < -0.3 is 0 Å². The summed E-state index contributed by atoms with van der Waals surface area (Å²) in [5.41, 5.74) is -0.235. The average Bonchev–Trinajstić information content (AvgIpc) is 2.03. The molecule has 0 saturated heterocycles. The monoisotopic (exact) mass is 184 g/mol. The summed E-state index contributed by atoms with van der Waals surface area (Å²) in [6.07, 6.45) is 8.12. The zero-order chi connectivity index (χ0) is 9.95. The van der Waals surface area contributed by atoms with Crippen LogP contribution in [0.2, 0.25) is 0 Å². The summed E-state index contributed by atoms with van der Waals surface area (Å²) < 4.78 is 0. The van der Waals surface area contributed by atoms with Gasteiger partial charge in [0.2, 0.25) is 0 Å². The van der Waals surface area contributed by atoms with E-state index in [9.17, 15) is 0 Å². The van der Waals surface area contributed by atoms with E-state index in [0.717, 1.165) is 25.7 Å². The Morgan fingerprint density at radius 2 is 2.15 bits per heavy atom. The first kappa shape index (κ1) is 10.7. The van der Waals surface area contributed by atoms with E-state index in [1.807, 2.05) is 6.08 Å². The Morgan fingerprint density at radius 3 is 2.54 bits per heavy atom. The van der Waals surface area contributed by atoms with Crippen LogP contribution in [0.1, 0.15) is 46.5 Å². The van der Waals surface area contributed by atoms with E-state index in [-0.39, 0.29) is 5.41 Å². The smallest absolute Gasteiger partial charge is 0.122 e. The van der Waals surface area contributed by atoms with Crippen molar-refractivity contribution in [1.29, 1.82) is 0 Å². The van der Waals surface area contributed by atoms with Crippen LogP contribution < -0.4 is 0 Å². The third-order valence-electron chi connectivity index (χ3n) is 2.40. The maximum Gasteiger partial charge on any atom is 0.122 e. The quantitative estimate of drug-likeness (QED) is 0.405. The summed E-state index contributed by atoms with van der Waals surface area (Å²) in [6.45, 7) is 6.49. The van der Waals surface area contributed by atoms with E-state index in [1.54, 1.807) is 0 Å². The van der Waals surface area contributed by atoms with Crippen LogP contribution in [0, 0.1) is 5.41 Å². The first-order valence-electron chi connectivity index (χ1n) is 4.98. The zero-order valence-electron chi connectivity index (χ0n) is 8.84. The van der Waals surface area contributed by atoms with Gasteiger partial charge in [0.1, 0.15) is 5.60 Å². The van der Waals surface area contributed by atoms with Crippen LogP contribution >= 0.6 is 0 Å². The van der Waals surface area contributed by atoms with E-state index in [4.69, 9.17) is 5.26 Å². The molecule has 0 amide bonds. The third-order valence-corrected chi connectivity index (χ3v) is 2.40. The fraction of sp³-hybridized carbons (Fsp3) is 0.818. The molecule has 1 aliphatic rings. The van der Waals surface area contributed by atoms with Crippen molar-refractivity contribution in [3.05, 3.63) is 12.2 Å². The average molecular weight is 184 g/mol. The van der Waals surface area contributed by atoms with Gasteiger partial charge >= 0.3 is 0 Å². The van der Waals surface area contributed by atoms with Crippen molar-refractivity contribution in [1.82, 2.24) is 0 Å². The normalized spacial score (nSPS) is 29.2. The summed E-state index contributed by atoms with van der Waals surface area (Å²) in [7, 11) is 0. The van der Waals surface area contributed by atoms with Crippen molar-refractivity contribution in [2.24, 2.45) is 5.41 Å². The first-order valence-corrected chi connectivity index (χ1v) is 4.98. The van der Waals surface area contributed by atoms with Crippen LogP contribution in [0.25, 0.3) is 0 Å². The van der Waals surface area contributed by atoms with E-state index in [0.29, 0.717) is 0 Å². The summed E-state index contributed by atoms with van der Waals surface area (Å²) >= 11 is 0. The van der Waals surface area contributed by atoms with Crippen molar-refractivity contribution in [2.75, 3.05) is 0 Å². The second-order valence-electron chi connectivity index (χ2n) is 5.19. The molecule has 0 aromatic rings. The van der Waals surface area contributed by atoms with Gasteiger partial charge in [0.15, 0.2) is 0 Å². The van der Waals surface area contributed by atoms with Crippen LogP contribution in [0.4, 0.5) is 0 Å². The molecule has 1 N–H and O–H groups in total. The number of allylic oxidation sites excluding steroid dienone is 1. The molecule has 2 nitrogen and oxygen atoms in total. The molecule has 13 heavy (non-hydrogen) atoms. The molecule has 0 aromatic carbocycles. The lowest BCUT2D eigenvalue weighted by atomic mass is 9.77. The molecule has 0 saturated carbocycles. The fourth-order valence-corrected chi connectivity index (χ4v) is 2.05. The van der Waals surface area contributed by atoms with E-state index in [2.05, 4.69) is 31.7 Å². The maximum atomic E-state index is 8.95. The highest BCUT2D eigenvalue weighted by Gasteiger charge is 2.34. The topological polar surface area (TPSA) is 29.5 Å². The number of hydrogen-bond donors (Lipinski definition) is 1. The molecule has 0 heterocycles. The Bertz CT molecular complexity index is 191. The molecule has 1 atom stereocenters. The predicted molar refractivity (Wildman–Crippen MR) is 53.5 cm³/mol. The van der Waals surface area contributed by atoms with E-state index < -0.39 is 5.60 Å². The van der Waals surface area contributed by atoms with Gasteiger partial charge in [-0.2, -0.15) is 0 Å². The lowest BCUT2D eigenvalue weighted by Gasteiger charge is -2.35. The Hall–Kier alpha value is -0.340. The molecular formula is C11H20O2. The van der Waals surface area contributed by atoms with Crippen LogP contribution in [0.3, 0.4) is 0 Å². The molecule has 0 aliphatic heterocycles. The van der Waals surface area contributed by atoms with Crippen LogP contribution in [0.15, 0.2) is 12.2 Å². The summed E-state index contributed by atoms with van der Waals surface area (Å²) in [5.74, 6) is 0. The fourth-order valence-electron chi connectivity index (χ4n) is 2.05. The Morgan fingerprint density at radius 1 is 1.46 bits per heavy atom. The number of rotatable bonds is 2. The molecule has 0 bridgehead atoms. The maximum absolute atomic E-state index is 8.95. The molecule has 0 spiro atoms. The Balaban J connectivity index is 2.69. The van der Waals surface area contributed by atoms with Gasteiger partial charge in [0.05, 0.1) is 0 Å². The highest BCUT2D eigenvalue weighted by Crippen LogP contribution is 2.36. The second kappa shape index (κ2) is 3.81. The van der Waals surface area contributed by atoms with Crippen LogP contribution in [-0.2, 0) is 4.89 Å². The van der Waals surface area contributed by atoms with Crippen molar-refractivity contribution in [3.8, 4) is 0 Å². The molecule has 2 heteroatoms. The highest BCUT2D eigenvalue weighted by molar-refractivity contribution is 5.06. The minimum absolute atomic E-state index is 0.185. The van der Waals surface area contributed by atoms with Gasteiger partial charge in [0.25, 0.3) is 0 Å². The summed E-state index contributed by atoms with van der Waals surface area (Å²) in [4.78, 5) is 4.67. The van der Waals surface area contributed by atoms with Gasteiger partial charge in [-0.1, -0.05) is 32.9 Å². The minimum atomic E-state index is -0.420. The molecule has 0 radical (unpaired) electrons. The van der Waals surface area contributed by atoms with Crippen molar-refractivity contribution < 1.29 is 10.1 Å². The lowest BCUT2D eigenvalue weighted by molar-refractivity contribution is -0.316. The van der Waals surface area contributed by atoms with Gasteiger partial charge in [-0.15, -0.1) is 0 Å². The van der Waals surface area contributed by atoms with E-state index in [1.165, 1.54) is 0 Å². The van der Waals surface area contributed by atoms with Crippen LogP contribution in [-0.4, -0.2) is 10.9 Å². The van der Waals surface area contributed by atoms with Crippen molar-refractivity contribution >= 4 is 0 Å². The zero-order valence-corrected chi connectivity index (χ0v) is 8.84. The Kier molecular flexibility index (Phi) is 3.14. The van der Waals surface area contributed by atoms with E-state index >= 15 is 0 Å². The molecule has 0 aromatic heterocycles. The predicted octanol–water partition coefficient (Wildman–Crippen LogP) is 3.39. The van der Waals surface area contributed by atoms with Gasteiger partial charge in [-0.25, -0.2) is 4.89 Å².